The third kappa shape index (κ3) is 2.05. The molecule has 1 heterocycles. The molecule has 1 aromatic heterocycles. The van der Waals surface area contributed by atoms with Gasteiger partial charge in [0.1, 0.15) is 5.52 Å². The van der Waals surface area contributed by atoms with Gasteiger partial charge in [0.15, 0.2) is 0 Å². The van der Waals surface area contributed by atoms with E-state index in [0.29, 0.717) is 16.7 Å². The molecule has 0 aliphatic carbocycles. The van der Waals surface area contributed by atoms with Crippen LogP contribution in [0.25, 0.3) is 11.0 Å². The normalized spacial score (nSPS) is 10.2. The number of carbonyl (C=O) groups excluding carboxylic acids is 2. The molecule has 2 aromatic rings. The Bertz CT molecular complexity index is 615. The first kappa shape index (κ1) is 11.0. The number of rotatable bonds is 2. The molecule has 17 heavy (non-hydrogen) atoms. The fourth-order valence-electron chi connectivity index (χ4n) is 1.43. The molecule has 0 spiro atoms. The summed E-state index contributed by atoms with van der Waals surface area (Å²) in [5.74, 6) is -0.515. The van der Waals surface area contributed by atoms with E-state index >= 15 is 0 Å². The van der Waals surface area contributed by atoms with E-state index in [1.165, 1.54) is 17.7 Å². The zero-order valence-electron chi connectivity index (χ0n) is 9.17. The van der Waals surface area contributed by atoms with E-state index in [4.69, 9.17) is 0 Å². The minimum atomic E-state index is -0.302. The lowest BCUT2D eigenvalue weighted by Crippen LogP contribution is -2.08. The second-order valence-corrected chi connectivity index (χ2v) is 3.42. The van der Waals surface area contributed by atoms with Gasteiger partial charge in [-0.05, 0) is 24.3 Å². The summed E-state index contributed by atoms with van der Waals surface area (Å²) in [7, 11) is 0. The second-order valence-electron chi connectivity index (χ2n) is 3.42. The summed E-state index contributed by atoms with van der Waals surface area (Å²) < 4.78 is 1.20. The van der Waals surface area contributed by atoms with Gasteiger partial charge in [-0.1, -0.05) is 11.8 Å². The fourth-order valence-corrected chi connectivity index (χ4v) is 1.43. The summed E-state index contributed by atoms with van der Waals surface area (Å²) in [6.07, 6.45) is 1.18. The van der Waals surface area contributed by atoms with E-state index in [1.54, 1.807) is 18.2 Å². The van der Waals surface area contributed by atoms with Crippen LogP contribution in [0.15, 0.2) is 30.9 Å². The maximum atomic E-state index is 11.2. The van der Waals surface area contributed by atoms with Crippen molar-refractivity contribution < 1.29 is 9.59 Å². The van der Waals surface area contributed by atoms with Crippen LogP contribution in [0, 0.1) is 0 Å². The third-order valence-electron chi connectivity index (χ3n) is 2.20. The standard InChI is InChI=1S/C11H10N4O2/c1-3-11(17)12-8-4-5-10-9(6-8)13-14-15(10)7(2)16/h3-6H,1H2,2H3,(H,12,17). The number of benzene rings is 1. The van der Waals surface area contributed by atoms with Gasteiger partial charge in [-0.3, -0.25) is 9.59 Å². The van der Waals surface area contributed by atoms with Crippen LogP contribution in [-0.2, 0) is 4.79 Å². The molecule has 6 nitrogen and oxygen atoms in total. The largest absolute Gasteiger partial charge is 0.322 e. The van der Waals surface area contributed by atoms with Gasteiger partial charge < -0.3 is 5.32 Å². The molecule has 0 unspecified atom stereocenters. The number of amides is 1. The van der Waals surface area contributed by atoms with Crippen LogP contribution in [0.5, 0.6) is 0 Å². The molecule has 6 heteroatoms. The van der Waals surface area contributed by atoms with Crippen LogP contribution in [0.1, 0.15) is 11.7 Å². The van der Waals surface area contributed by atoms with Crippen molar-refractivity contribution >= 4 is 28.5 Å². The first-order valence-electron chi connectivity index (χ1n) is 4.91. The highest BCUT2D eigenvalue weighted by Crippen LogP contribution is 2.16. The van der Waals surface area contributed by atoms with Crippen LogP contribution < -0.4 is 5.32 Å². The van der Waals surface area contributed by atoms with Crippen molar-refractivity contribution in [3.05, 3.63) is 30.9 Å². The Kier molecular flexibility index (Phi) is 2.70. The van der Waals surface area contributed by atoms with Gasteiger partial charge in [-0.15, -0.1) is 5.10 Å². The van der Waals surface area contributed by atoms with E-state index in [-0.39, 0.29) is 11.8 Å². The Morgan fingerprint density at radius 3 is 2.88 bits per heavy atom. The molecule has 1 N–H and O–H groups in total. The summed E-state index contributed by atoms with van der Waals surface area (Å²) in [5, 5.41) is 10.2. The fraction of sp³-hybridized carbons (Fsp3) is 0.0909. The molecular formula is C11H10N4O2. The zero-order chi connectivity index (χ0) is 12.4. The summed E-state index contributed by atoms with van der Waals surface area (Å²) in [4.78, 5) is 22.3. The van der Waals surface area contributed by atoms with Crippen molar-refractivity contribution in [2.45, 2.75) is 6.92 Å². The summed E-state index contributed by atoms with van der Waals surface area (Å²) in [5.41, 5.74) is 1.73. The predicted octanol–water partition coefficient (Wildman–Crippen LogP) is 1.22. The molecular weight excluding hydrogens is 220 g/mol. The molecule has 0 atom stereocenters. The molecule has 86 valence electrons. The Labute approximate surface area is 96.9 Å². The highest BCUT2D eigenvalue weighted by Gasteiger charge is 2.08. The minimum absolute atomic E-state index is 0.213. The van der Waals surface area contributed by atoms with Crippen LogP contribution >= 0.6 is 0 Å². The van der Waals surface area contributed by atoms with Crippen LogP contribution in [-0.4, -0.2) is 26.8 Å². The number of anilines is 1. The summed E-state index contributed by atoms with van der Waals surface area (Å²) >= 11 is 0. The van der Waals surface area contributed by atoms with E-state index < -0.39 is 0 Å². The van der Waals surface area contributed by atoms with Crippen molar-refractivity contribution in [2.75, 3.05) is 5.32 Å². The highest BCUT2D eigenvalue weighted by molar-refractivity contribution is 6.00. The molecule has 0 saturated carbocycles. The quantitative estimate of drug-likeness (QED) is 0.787. The number of carbonyl (C=O) groups is 2. The molecule has 0 bridgehead atoms. The average molecular weight is 230 g/mol. The Morgan fingerprint density at radius 1 is 1.47 bits per heavy atom. The molecule has 0 fully saturated rings. The summed E-state index contributed by atoms with van der Waals surface area (Å²) in [6, 6.07) is 4.99. The Hall–Kier alpha value is -2.50. The smallest absolute Gasteiger partial charge is 0.247 e. The van der Waals surface area contributed by atoms with Crippen molar-refractivity contribution in [3.63, 3.8) is 0 Å². The number of hydrogen-bond donors (Lipinski definition) is 1. The molecule has 0 radical (unpaired) electrons. The average Bonchev–Trinajstić information content (AvgIpc) is 2.71. The van der Waals surface area contributed by atoms with Crippen molar-refractivity contribution in [2.24, 2.45) is 0 Å². The first-order valence-corrected chi connectivity index (χ1v) is 4.91. The van der Waals surface area contributed by atoms with Crippen molar-refractivity contribution in [1.82, 2.24) is 15.0 Å². The van der Waals surface area contributed by atoms with Gasteiger partial charge in [0, 0.05) is 12.6 Å². The Balaban J connectivity index is 2.42. The van der Waals surface area contributed by atoms with Gasteiger partial charge in [0.2, 0.25) is 11.8 Å². The molecule has 0 saturated heterocycles. The van der Waals surface area contributed by atoms with Gasteiger partial charge in [-0.25, -0.2) is 0 Å². The number of hydrogen-bond acceptors (Lipinski definition) is 4. The van der Waals surface area contributed by atoms with E-state index in [2.05, 4.69) is 22.2 Å². The van der Waals surface area contributed by atoms with Crippen LogP contribution in [0.2, 0.25) is 0 Å². The second kappa shape index (κ2) is 4.17. The lowest BCUT2D eigenvalue weighted by Gasteiger charge is -2.01. The van der Waals surface area contributed by atoms with E-state index in [9.17, 15) is 9.59 Å². The summed E-state index contributed by atoms with van der Waals surface area (Å²) in [6.45, 7) is 4.76. The molecule has 0 aliphatic rings. The van der Waals surface area contributed by atoms with Gasteiger partial charge in [-0.2, -0.15) is 4.68 Å². The number of fused-ring (bicyclic) bond motifs is 1. The zero-order valence-corrected chi connectivity index (χ0v) is 9.17. The number of nitrogens with one attached hydrogen (secondary N) is 1. The van der Waals surface area contributed by atoms with E-state index in [0.717, 1.165) is 0 Å². The molecule has 1 aromatic carbocycles. The topological polar surface area (TPSA) is 76.9 Å². The Morgan fingerprint density at radius 2 is 2.24 bits per heavy atom. The minimum Gasteiger partial charge on any atom is -0.322 e. The lowest BCUT2D eigenvalue weighted by molar-refractivity contribution is -0.111. The maximum Gasteiger partial charge on any atom is 0.247 e. The first-order chi connectivity index (χ1) is 8.11. The maximum absolute atomic E-state index is 11.2. The molecule has 0 aliphatic heterocycles. The number of aromatic nitrogens is 3. The van der Waals surface area contributed by atoms with Crippen LogP contribution in [0.4, 0.5) is 5.69 Å². The van der Waals surface area contributed by atoms with Crippen molar-refractivity contribution in [3.8, 4) is 0 Å². The van der Waals surface area contributed by atoms with Crippen LogP contribution in [0.3, 0.4) is 0 Å². The van der Waals surface area contributed by atoms with E-state index in [1.807, 2.05) is 0 Å². The monoisotopic (exact) mass is 230 g/mol. The predicted molar refractivity (Wildman–Crippen MR) is 62.7 cm³/mol. The highest BCUT2D eigenvalue weighted by atomic mass is 16.2. The number of nitrogens with zero attached hydrogens (tertiary/aromatic N) is 3. The van der Waals surface area contributed by atoms with Gasteiger partial charge >= 0.3 is 0 Å². The van der Waals surface area contributed by atoms with Gasteiger partial charge in [0.25, 0.3) is 0 Å². The van der Waals surface area contributed by atoms with Gasteiger partial charge in [0.05, 0.1) is 5.52 Å². The molecule has 2 rings (SSSR count). The van der Waals surface area contributed by atoms with Crippen molar-refractivity contribution in [1.29, 1.82) is 0 Å². The third-order valence-corrected chi connectivity index (χ3v) is 2.20. The lowest BCUT2D eigenvalue weighted by atomic mass is 10.2. The molecule has 1 amide bonds. The SMILES string of the molecule is C=CC(=O)Nc1ccc2c(c1)nnn2C(C)=O.